The van der Waals surface area contributed by atoms with E-state index < -0.39 is 5.92 Å². The van der Waals surface area contributed by atoms with Gasteiger partial charge in [-0.05, 0) is 32.4 Å². The van der Waals surface area contributed by atoms with Crippen LogP contribution in [0.3, 0.4) is 0 Å². The predicted molar refractivity (Wildman–Crippen MR) is 69.8 cm³/mol. The Balaban J connectivity index is 2.43. The van der Waals surface area contributed by atoms with Crippen LogP contribution in [0.4, 0.5) is 0 Å². The molecule has 0 amide bonds. The van der Waals surface area contributed by atoms with E-state index in [-0.39, 0.29) is 5.97 Å². The summed E-state index contributed by atoms with van der Waals surface area (Å²) >= 11 is 0. The van der Waals surface area contributed by atoms with Crippen LogP contribution in [-0.2, 0) is 9.53 Å². The summed E-state index contributed by atoms with van der Waals surface area (Å²) in [5.74, 6) is -0.116. The van der Waals surface area contributed by atoms with Gasteiger partial charge in [0.25, 0.3) is 0 Å². The van der Waals surface area contributed by atoms with Crippen LogP contribution in [0.2, 0.25) is 0 Å². The van der Waals surface area contributed by atoms with Gasteiger partial charge in [0.1, 0.15) is 5.92 Å². The number of hydrogen-bond acceptors (Lipinski definition) is 5. The van der Waals surface area contributed by atoms with Crippen molar-refractivity contribution < 1.29 is 9.53 Å². The lowest BCUT2D eigenvalue weighted by molar-refractivity contribution is -0.145. The molecule has 2 rings (SSSR count). The first kappa shape index (κ1) is 13.5. The summed E-state index contributed by atoms with van der Waals surface area (Å²) in [7, 11) is 0. The fourth-order valence-electron chi connectivity index (χ4n) is 2.00. The first-order valence-corrected chi connectivity index (χ1v) is 6.53. The van der Waals surface area contributed by atoms with Crippen LogP contribution in [0.25, 0.3) is 5.65 Å². The number of hydrogen-bond donors (Lipinski definition) is 0. The smallest absolute Gasteiger partial charge is 0.316 e. The molecular weight excluding hydrogens is 244 g/mol. The van der Waals surface area contributed by atoms with Crippen molar-refractivity contribution in [2.75, 3.05) is 6.61 Å². The van der Waals surface area contributed by atoms with Gasteiger partial charge in [-0.2, -0.15) is 9.61 Å². The first-order chi connectivity index (χ1) is 9.17. The number of carbonyl (C=O) groups is 1. The Labute approximate surface area is 111 Å². The Morgan fingerprint density at radius 2 is 2.16 bits per heavy atom. The molecule has 2 aromatic rings. The summed E-state index contributed by atoms with van der Waals surface area (Å²) in [5.41, 5.74) is 1.50. The van der Waals surface area contributed by atoms with Crippen LogP contribution in [-0.4, -0.2) is 32.4 Å². The maximum absolute atomic E-state index is 12.0. The molecule has 0 aliphatic carbocycles. The normalized spacial score (nSPS) is 12.6. The van der Waals surface area contributed by atoms with Gasteiger partial charge in [-0.15, -0.1) is 10.2 Å². The van der Waals surface area contributed by atoms with Gasteiger partial charge in [0, 0.05) is 0 Å². The topological polar surface area (TPSA) is 69.4 Å². The standard InChI is InChI=1S/C13H18N4O2/c1-4-6-10(13(18)19-5-2)12-15-14-11-8-7-9(3)16-17(11)12/h7-8,10H,4-6H2,1-3H3. The number of rotatable bonds is 5. The minimum Gasteiger partial charge on any atom is -0.465 e. The van der Waals surface area contributed by atoms with Crippen LogP contribution in [0.15, 0.2) is 12.1 Å². The van der Waals surface area contributed by atoms with Crippen LogP contribution in [0, 0.1) is 6.92 Å². The van der Waals surface area contributed by atoms with Crippen LogP contribution in [0.1, 0.15) is 44.1 Å². The quantitative estimate of drug-likeness (QED) is 0.769. The van der Waals surface area contributed by atoms with E-state index >= 15 is 0 Å². The molecule has 2 aromatic heterocycles. The Kier molecular flexibility index (Phi) is 4.09. The summed E-state index contributed by atoms with van der Waals surface area (Å²) < 4.78 is 6.74. The van der Waals surface area contributed by atoms with Crippen molar-refractivity contribution in [3.05, 3.63) is 23.7 Å². The van der Waals surface area contributed by atoms with Crippen LogP contribution < -0.4 is 0 Å². The number of carbonyl (C=O) groups excluding carboxylic acids is 1. The van der Waals surface area contributed by atoms with Gasteiger partial charge in [-0.1, -0.05) is 13.3 Å². The summed E-state index contributed by atoms with van der Waals surface area (Å²) in [5, 5.41) is 12.5. The van der Waals surface area contributed by atoms with E-state index in [0.29, 0.717) is 24.5 Å². The van der Waals surface area contributed by atoms with E-state index in [9.17, 15) is 4.79 Å². The van der Waals surface area contributed by atoms with E-state index in [1.807, 2.05) is 26.0 Å². The zero-order valence-electron chi connectivity index (χ0n) is 11.5. The van der Waals surface area contributed by atoms with Crippen LogP contribution in [0.5, 0.6) is 0 Å². The second-order valence-electron chi connectivity index (χ2n) is 4.40. The first-order valence-electron chi connectivity index (χ1n) is 6.53. The van der Waals surface area contributed by atoms with Crippen molar-refractivity contribution in [2.24, 2.45) is 0 Å². The average molecular weight is 262 g/mol. The fourth-order valence-corrected chi connectivity index (χ4v) is 2.00. The maximum atomic E-state index is 12.0. The molecule has 6 nitrogen and oxygen atoms in total. The second-order valence-corrected chi connectivity index (χ2v) is 4.40. The number of aromatic nitrogens is 4. The van der Waals surface area contributed by atoms with Crippen molar-refractivity contribution >= 4 is 11.6 Å². The summed E-state index contributed by atoms with van der Waals surface area (Å²) in [6.07, 6.45) is 1.54. The molecular formula is C13H18N4O2. The third-order valence-electron chi connectivity index (χ3n) is 2.88. The highest BCUT2D eigenvalue weighted by atomic mass is 16.5. The SMILES string of the molecule is CCCC(C(=O)OCC)c1nnc2ccc(C)nn12. The average Bonchev–Trinajstić information content (AvgIpc) is 2.79. The molecule has 0 N–H and O–H groups in total. The monoisotopic (exact) mass is 262 g/mol. The van der Waals surface area contributed by atoms with Gasteiger partial charge in [0.15, 0.2) is 11.5 Å². The lowest BCUT2D eigenvalue weighted by Gasteiger charge is -2.12. The maximum Gasteiger partial charge on any atom is 0.316 e. The molecule has 0 saturated heterocycles. The Bertz CT molecular complexity index is 579. The van der Waals surface area contributed by atoms with E-state index in [2.05, 4.69) is 15.3 Å². The molecule has 1 atom stereocenters. The molecule has 0 fully saturated rings. The van der Waals surface area contributed by atoms with Crippen molar-refractivity contribution in [3.63, 3.8) is 0 Å². The van der Waals surface area contributed by atoms with Crippen molar-refractivity contribution in [1.29, 1.82) is 0 Å². The molecule has 6 heteroatoms. The summed E-state index contributed by atoms with van der Waals surface area (Å²) in [6, 6.07) is 3.71. The van der Waals surface area contributed by atoms with Crippen LogP contribution >= 0.6 is 0 Å². The highest BCUT2D eigenvalue weighted by Gasteiger charge is 2.26. The van der Waals surface area contributed by atoms with Gasteiger partial charge in [0.2, 0.25) is 0 Å². The van der Waals surface area contributed by atoms with Gasteiger partial charge in [-0.3, -0.25) is 4.79 Å². The Morgan fingerprint density at radius 1 is 1.37 bits per heavy atom. The van der Waals surface area contributed by atoms with Gasteiger partial charge < -0.3 is 4.74 Å². The van der Waals surface area contributed by atoms with E-state index in [1.54, 1.807) is 11.4 Å². The number of fused-ring (bicyclic) bond motifs is 1. The number of nitrogens with zero attached hydrogens (tertiary/aromatic N) is 4. The molecule has 1 unspecified atom stereocenters. The van der Waals surface area contributed by atoms with Crippen molar-refractivity contribution in [3.8, 4) is 0 Å². The largest absolute Gasteiger partial charge is 0.465 e. The third kappa shape index (κ3) is 2.72. The van der Waals surface area contributed by atoms with Gasteiger partial charge >= 0.3 is 5.97 Å². The minimum absolute atomic E-state index is 0.262. The summed E-state index contributed by atoms with van der Waals surface area (Å²) in [4.78, 5) is 12.0. The highest BCUT2D eigenvalue weighted by molar-refractivity contribution is 5.77. The van der Waals surface area contributed by atoms with Crippen molar-refractivity contribution in [1.82, 2.24) is 19.8 Å². The Hall–Kier alpha value is -1.98. The van der Waals surface area contributed by atoms with E-state index in [1.165, 1.54) is 0 Å². The number of aryl methyl sites for hydroxylation is 1. The molecule has 2 heterocycles. The minimum atomic E-state index is -0.408. The zero-order valence-corrected chi connectivity index (χ0v) is 11.5. The molecule has 0 spiro atoms. The molecule has 0 bridgehead atoms. The van der Waals surface area contributed by atoms with E-state index in [0.717, 1.165) is 12.1 Å². The fraction of sp³-hybridized carbons (Fsp3) is 0.538. The highest BCUT2D eigenvalue weighted by Crippen LogP contribution is 2.21. The number of esters is 1. The van der Waals surface area contributed by atoms with Gasteiger partial charge in [0.05, 0.1) is 12.3 Å². The summed E-state index contributed by atoms with van der Waals surface area (Å²) in [6.45, 7) is 6.07. The van der Waals surface area contributed by atoms with Gasteiger partial charge in [-0.25, -0.2) is 0 Å². The molecule has 19 heavy (non-hydrogen) atoms. The second kappa shape index (κ2) is 5.77. The molecule has 102 valence electrons. The molecule has 0 aliphatic rings. The molecule has 0 aromatic carbocycles. The molecule has 0 radical (unpaired) electrons. The predicted octanol–water partition coefficient (Wildman–Crippen LogP) is 1.88. The third-order valence-corrected chi connectivity index (χ3v) is 2.88. The Morgan fingerprint density at radius 3 is 2.84 bits per heavy atom. The lowest BCUT2D eigenvalue weighted by atomic mass is 10.0. The molecule has 0 saturated carbocycles. The molecule has 0 aliphatic heterocycles. The van der Waals surface area contributed by atoms with Crippen molar-refractivity contribution in [2.45, 2.75) is 39.5 Å². The lowest BCUT2D eigenvalue weighted by Crippen LogP contribution is -2.19. The number of ether oxygens (including phenoxy) is 1. The zero-order chi connectivity index (χ0) is 13.8. The van der Waals surface area contributed by atoms with E-state index in [4.69, 9.17) is 4.74 Å².